The Bertz CT molecular complexity index is 591. The Morgan fingerprint density at radius 2 is 1.89 bits per heavy atom. The van der Waals surface area contributed by atoms with E-state index in [0.29, 0.717) is 29.8 Å². The van der Waals surface area contributed by atoms with Gasteiger partial charge in [0.25, 0.3) is 0 Å². The number of fused-ring (bicyclic) bond motifs is 1. The molecule has 0 aromatic heterocycles. The van der Waals surface area contributed by atoms with Gasteiger partial charge in [-0.1, -0.05) is 22.0 Å². The maximum Gasteiger partial charge on any atom is 0.243 e. The van der Waals surface area contributed by atoms with Crippen molar-refractivity contribution in [1.82, 2.24) is 9.62 Å². The van der Waals surface area contributed by atoms with Gasteiger partial charge in [0, 0.05) is 17.6 Å². The standard InChI is InChI=1S/C13H17BrN2O2S/c1-9-2-3-12(14)4-13(9)19(17,18)16-7-10-5-15-6-11(10)8-16/h2-4,10-11,15H,5-8H2,1H3. The number of halogens is 1. The van der Waals surface area contributed by atoms with Crippen LogP contribution in [0.1, 0.15) is 5.56 Å². The number of benzene rings is 1. The van der Waals surface area contributed by atoms with Crippen LogP contribution in [0.5, 0.6) is 0 Å². The summed E-state index contributed by atoms with van der Waals surface area (Å²) in [7, 11) is -3.36. The van der Waals surface area contributed by atoms with Gasteiger partial charge in [0.15, 0.2) is 0 Å². The number of nitrogens with one attached hydrogen (secondary N) is 1. The van der Waals surface area contributed by atoms with E-state index in [9.17, 15) is 8.42 Å². The molecule has 0 aliphatic carbocycles. The van der Waals surface area contributed by atoms with Gasteiger partial charge in [0.05, 0.1) is 4.90 Å². The summed E-state index contributed by atoms with van der Waals surface area (Å²) in [5, 5.41) is 3.33. The first-order chi connectivity index (χ1) is 8.98. The van der Waals surface area contributed by atoms with E-state index in [-0.39, 0.29) is 0 Å². The lowest BCUT2D eigenvalue weighted by Gasteiger charge is -2.19. The van der Waals surface area contributed by atoms with Gasteiger partial charge >= 0.3 is 0 Å². The summed E-state index contributed by atoms with van der Waals surface area (Å²) >= 11 is 3.35. The van der Waals surface area contributed by atoms with Gasteiger partial charge in [0.1, 0.15) is 0 Å². The molecule has 0 bridgehead atoms. The van der Waals surface area contributed by atoms with Crippen LogP contribution in [-0.2, 0) is 10.0 Å². The fourth-order valence-electron chi connectivity index (χ4n) is 3.00. The molecule has 2 aliphatic rings. The SMILES string of the molecule is Cc1ccc(Br)cc1S(=O)(=O)N1CC2CNCC2C1. The summed E-state index contributed by atoms with van der Waals surface area (Å²) in [4.78, 5) is 0.426. The molecule has 2 aliphatic heterocycles. The summed E-state index contributed by atoms with van der Waals surface area (Å²) in [6.45, 7) is 5.01. The van der Waals surface area contributed by atoms with E-state index in [1.165, 1.54) is 0 Å². The molecular formula is C13H17BrN2O2S. The van der Waals surface area contributed by atoms with Crippen molar-refractivity contribution in [2.75, 3.05) is 26.2 Å². The van der Waals surface area contributed by atoms with Gasteiger partial charge in [-0.25, -0.2) is 8.42 Å². The molecule has 0 saturated carbocycles. The van der Waals surface area contributed by atoms with Crippen molar-refractivity contribution in [3.63, 3.8) is 0 Å². The molecule has 1 aromatic rings. The first-order valence-electron chi connectivity index (χ1n) is 6.45. The van der Waals surface area contributed by atoms with Crippen LogP contribution in [0, 0.1) is 18.8 Å². The third kappa shape index (κ3) is 2.35. The molecule has 104 valence electrons. The Morgan fingerprint density at radius 1 is 1.26 bits per heavy atom. The first-order valence-corrected chi connectivity index (χ1v) is 8.69. The first kappa shape index (κ1) is 13.5. The van der Waals surface area contributed by atoms with E-state index in [2.05, 4.69) is 21.2 Å². The number of aryl methyl sites for hydroxylation is 1. The zero-order valence-corrected chi connectivity index (χ0v) is 13.2. The highest BCUT2D eigenvalue weighted by Gasteiger charge is 2.41. The Balaban J connectivity index is 1.93. The highest BCUT2D eigenvalue weighted by molar-refractivity contribution is 9.10. The quantitative estimate of drug-likeness (QED) is 0.886. The van der Waals surface area contributed by atoms with Crippen molar-refractivity contribution < 1.29 is 8.42 Å². The van der Waals surface area contributed by atoms with Crippen molar-refractivity contribution in [3.05, 3.63) is 28.2 Å². The van der Waals surface area contributed by atoms with Crippen LogP contribution in [0.25, 0.3) is 0 Å². The van der Waals surface area contributed by atoms with E-state index in [0.717, 1.165) is 23.1 Å². The van der Waals surface area contributed by atoms with Crippen LogP contribution in [0.2, 0.25) is 0 Å². The highest BCUT2D eigenvalue weighted by atomic mass is 79.9. The Morgan fingerprint density at radius 3 is 2.53 bits per heavy atom. The fraction of sp³-hybridized carbons (Fsp3) is 0.538. The average Bonchev–Trinajstić information content (AvgIpc) is 2.92. The number of sulfonamides is 1. The molecule has 3 rings (SSSR count). The smallest absolute Gasteiger partial charge is 0.243 e. The zero-order chi connectivity index (χ0) is 13.6. The molecule has 1 aromatic carbocycles. The van der Waals surface area contributed by atoms with Crippen LogP contribution in [0.4, 0.5) is 0 Å². The Kier molecular flexibility index (Phi) is 3.45. The lowest BCUT2D eigenvalue weighted by molar-refractivity contribution is 0.447. The van der Waals surface area contributed by atoms with E-state index in [1.807, 2.05) is 19.1 Å². The largest absolute Gasteiger partial charge is 0.316 e. The van der Waals surface area contributed by atoms with E-state index in [1.54, 1.807) is 10.4 Å². The van der Waals surface area contributed by atoms with Crippen LogP contribution in [0.3, 0.4) is 0 Å². The predicted molar refractivity (Wildman–Crippen MR) is 77.5 cm³/mol. The molecular weight excluding hydrogens is 328 g/mol. The molecule has 2 heterocycles. The minimum atomic E-state index is -3.36. The van der Waals surface area contributed by atoms with Gasteiger partial charge < -0.3 is 5.32 Å². The van der Waals surface area contributed by atoms with Crippen LogP contribution < -0.4 is 5.32 Å². The van der Waals surface area contributed by atoms with E-state index < -0.39 is 10.0 Å². The minimum Gasteiger partial charge on any atom is -0.316 e. The van der Waals surface area contributed by atoms with Crippen LogP contribution in [-0.4, -0.2) is 38.9 Å². The van der Waals surface area contributed by atoms with Crippen molar-refractivity contribution in [3.8, 4) is 0 Å². The third-order valence-electron chi connectivity index (χ3n) is 4.12. The van der Waals surface area contributed by atoms with Crippen molar-refractivity contribution >= 4 is 26.0 Å². The molecule has 2 fully saturated rings. The molecule has 1 N–H and O–H groups in total. The van der Waals surface area contributed by atoms with Gasteiger partial charge in [-0.15, -0.1) is 0 Å². The average molecular weight is 345 g/mol. The molecule has 0 amide bonds. The third-order valence-corrected chi connectivity index (χ3v) is 6.59. The monoisotopic (exact) mass is 344 g/mol. The molecule has 4 nitrogen and oxygen atoms in total. The molecule has 2 atom stereocenters. The summed E-state index contributed by atoms with van der Waals surface area (Å²) in [5.41, 5.74) is 0.804. The summed E-state index contributed by atoms with van der Waals surface area (Å²) in [6.07, 6.45) is 0. The van der Waals surface area contributed by atoms with Gasteiger partial charge in [-0.05, 0) is 49.5 Å². The number of hydrogen-bond acceptors (Lipinski definition) is 3. The molecule has 6 heteroatoms. The molecule has 2 unspecified atom stereocenters. The maximum atomic E-state index is 12.7. The van der Waals surface area contributed by atoms with E-state index in [4.69, 9.17) is 0 Å². The number of rotatable bonds is 2. The summed E-state index contributed by atoms with van der Waals surface area (Å²) < 4.78 is 27.9. The second-order valence-corrected chi connectivity index (χ2v) is 8.23. The molecule has 19 heavy (non-hydrogen) atoms. The van der Waals surface area contributed by atoms with Gasteiger partial charge in [-0.3, -0.25) is 0 Å². The summed E-state index contributed by atoms with van der Waals surface area (Å²) in [6, 6.07) is 5.42. The van der Waals surface area contributed by atoms with Gasteiger partial charge in [-0.2, -0.15) is 4.31 Å². The topological polar surface area (TPSA) is 49.4 Å². The maximum absolute atomic E-state index is 12.7. The second kappa shape index (κ2) is 4.84. The van der Waals surface area contributed by atoms with Crippen molar-refractivity contribution in [2.24, 2.45) is 11.8 Å². The highest BCUT2D eigenvalue weighted by Crippen LogP contribution is 2.32. The molecule has 0 radical (unpaired) electrons. The lowest BCUT2D eigenvalue weighted by atomic mass is 10.0. The van der Waals surface area contributed by atoms with Crippen LogP contribution >= 0.6 is 15.9 Å². The van der Waals surface area contributed by atoms with Crippen LogP contribution in [0.15, 0.2) is 27.6 Å². The molecule has 2 saturated heterocycles. The zero-order valence-electron chi connectivity index (χ0n) is 10.8. The van der Waals surface area contributed by atoms with Gasteiger partial charge in [0.2, 0.25) is 10.0 Å². The van der Waals surface area contributed by atoms with E-state index >= 15 is 0 Å². The minimum absolute atomic E-state index is 0.426. The normalized spacial score (nSPS) is 27.7. The van der Waals surface area contributed by atoms with Crippen molar-refractivity contribution in [1.29, 1.82) is 0 Å². The molecule has 0 spiro atoms. The fourth-order valence-corrected chi connectivity index (χ4v) is 5.32. The number of nitrogens with zero attached hydrogens (tertiary/aromatic N) is 1. The Hall–Kier alpha value is -0.430. The van der Waals surface area contributed by atoms with Crippen molar-refractivity contribution in [2.45, 2.75) is 11.8 Å². The predicted octanol–water partition coefficient (Wildman–Crippen LogP) is 1.60. The second-order valence-electron chi connectivity index (χ2n) is 5.41. The number of hydrogen-bond donors (Lipinski definition) is 1. The summed E-state index contributed by atoms with van der Waals surface area (Å²) in [5.74, 6) is 0.949. The Labute approximate surface area is 122 Å². The lowest BCUT2D eigenvalue weighted by Crippen LogP contribution is -2.32.